The van der Waals surface area contributed by atoms with Gasteiger partial charge in [0.05, 0.1) is 4.24 Å². The van der Waals surface area contributed by atoms with E-state index in [-0.39, 0.29) is 0 Å². The minimum Gasteiger partial charge on any atom is -0.262 e. The highest BCUT2D eigenvalue weighted by Crippen LogP contribution is 2.32. The first-order valence-corrected chi connectivity index (χ1v) is 4.82. The van der Waals surface area contributed by atoms with Crippen molar-refractivity contribution in [2.75, 3.05) is 0 Å². The third-order valence-electron chi connectivity index (χ3n) is 1.53. The van der Waals surface area contributed by atoms with E-state index in [0.717, 1.165) is 9.80 Å². The molecule has 60 valence electrons. The van der Waals surface area contributed by atoms with Gasteiger partial charge in [-0.15, -0.1) is 12.6 Å². The fourth-order valence-electron chi connectivity index (χ4n) is 1.00. The molecule has 12 heavy (non-hydrogen) atoms. The first-order chi connectivity index (χ1) is 5.86. The number of hydrogen-bond donors (Lipinski definition) is 1. The molecule has 1 aliphatic rings. The summed E-state index contributed by atoms with van der Waals surface area (Å²) in [7, 11) is 0. The van der Waals surface area contributed by atoms with Gasteiger partial charge in [-0.25, -0.2) is 0 Å². The lowest BCUT2D eigenvalue weighted by Gasteiger charge is -2.00. The molecule has 0 radical (unpaired) electrons. The SMILES string of the molecule is SC1=CN=Cc2ccccc2S1. The van der Waals surface area contributed by atoms with Gasteiger partial charge < -0.3 is 0 Å². The van der Waals surface area contributed by atoms with Crippen LogP contribution in [0.2, 0.25) is 0 Å². The van der Waals surface area contributed by atoms with Crippen molar-refractivity contribution in [3.63, 3.8) is 0 Å². The Bertz CT molecular complexity index is 355. The smallest absolute Gasteiger partial charge is 0.0603 e. The van der Waals surface area contributed by atoms with Crippen molar-refractivity contribution < 1.29 is 0 Å². The monoisotopic (exact) mass is 193 g/mol. The number of hydrogen-bond acceptors (Lipinski definition) is 3. The van der Waals surface area contributed by atoms with Gasteiger partial charge in [0.25, 0.3) is 0 Å². The first kappa shape index (κ1) is 7.95. The molecule has 1 heterocycles. The van der Waals surface area contributed by atoms with E-state index in [1.54, 1.807) is 18.0 Å². The number of nitrogens with zero attached hydrogens (tertiary/aromatic N) is 1. The van der Waals surface area contributed by atoms with Crippen LogP contribution in [-0.2, 0) is 0 Å². The molecule has 0 saturated heterocycles. The number of benzene rings is 1. The van der Waals surface area contributed by atoms with Crippen molar-refractivity contribution in [3.8, 4) is 0 Å². The highest BCUT2D eigenvalue weighted by molar-refractivity contribution is 8.15. The summed E-state index contributed by atoms with van der Waals surface area (Å²) in [5, 5.41) is 0. The van der Waals surface area contributed by atoms with Crippen LogP contribution in [0, 0.1) is 0 Å². The molecule has 1 nitrogen and oxygen atoms in total. The molecule has 0 saturated carbocycles. The lowest BCUT2D eigenvalue weighted by molar-refractivity contribution is 1.44. The summed E-state index contributed by atoms with van der Waals surface area (Å²) in [6.07, 6.45) is 3.61. The molecule has 1 aromatic rings. The summed E-state index contributed by atoms with van der Waals surface area (Å²) < 4.78 is 0.927. The van der Waals surface area contributed by atoms with Gasteiger partial charge in [0, 0.05) is 22.9 Å². The zero-order valence-electron chi connectivity index (χ0n) is 6.27. The third kappa shape index (κ3) is 1.57. The van der Waals surface area contributed by atoms with Crippen LogP contribution in [0.15, 0.2) is 44.6 Å². The second kappa shape index (κ2) is 3.37. The molecule has 0 atom stereocenters. The molecule has 3 heteroatoms. The van der Waals surface area contributed by atoms with E-state index < -0.39 is 0 Å². The summed E-state index contributed by atoms with van der Waals surface area (Å²) in [5.41, 5.74) is 1.16. The normalized spacial score (nSPS) is 14.9. The molecule has 0 N–H and O–H groups in total. The molecular formula is C9H7NS2. The van der Waals surface area contributed by atoms with Crippen LogP contribution >= 0.6 is 24.4 Å². The Balaban J connectivity index is 2.49. The minimum atomic E-state index is 0.927. The molecule has 0 aromatic heterocycles. The number of thiol groups is 1. The van der Waals surface area contributed by atoms with Gasteiger partial charge in [-0.3, -0.25) is 4.99 Å². The maximum Gasteiger partial charge on any atom is 0.0603 e. The Morgan fingerprint density at radius 2 is 2.08 bits per heavy atom. The first-order valence-electron chi connectivity index (χ1n) is 3.55. The molecule has 1 aromatic carbocycles. The lowest BCUT2D eigenvalue weighted by atomic mass is 10.2. The van der Waals surface area contributed by atoms with Crippen LogP contribution in [0.5, 0.6) is 0 Å². The van der Waals surface area contributed by atoms with Crippen molar-refractivity contribution in [2.24, 2.45) is 4.99 Å². The molecular weight excluding hydrogens is 186 g/mol. The van der Waals surface area contributed by atoms with E-state index in [4.69, 9.17) is 0 Å². The molecule has 0 bridgehead atoms. The third-order valence-corrected chi connectivity index (χ3v) is 2.83. The number of thioether (sulfide) groups is 1. The molecule has 0 fully saturated rings. The average molecular weight is 193 g/mol. The summed E-state index contributed by atoms with van der Waals surface area (Å²) in [6.45, 7) is 0. The van der Waals surface area contributed by atoms with Crippen LogP contribution in [0.1, 0.15) is 5.56 Å². The summed E-state index contributed by atoms with van der Waals surface area (Å²) in [6, 6.07) is 8.15. The van der Waals surface area contributed by atoms with Gasteiger partial charge in [0.15, 0.2) is 0 Å². The fraction of sp³-hybridized carbons (Fsp3) is 0. The van der Waals surface area contributed by atoms with E-state index in [1.807, 2.05) is 24.4 Å². The Morgan fingerprint density at radius 3 is 3.00 bits per heavy atom. The molecule has 0 aliphatic carbocycles. The molecule has 0 amide bonds. The Hall–Kier alpha value is -0.670. The van der Waals surface area contributed by atoms with Gasteiger partial charge in [0.1, 0.15) is 0 Å². The Kier molecular flexibility index (Phi) is 2.23. The summed E-state index contributed by atoms with van der Waals surface area (Å²) >= 11 is 5.90. The van der Waals surface area contributed by atoms with E-state index in [0.29, 0.717) is 0 Å². The number of fused-ring (bicyclic) bond motifs is 1. The highest BCUT2D eigenvalue weighted by Gasteiger charge is 2.03. The van der Waals surface area contributed by atoms with E-state index in [2.05, 4.69) is 23.7 Å². The number of rotatable bonds is 0. The topological polar surface area (TPSA) is 12.4 Å². The van der Waals surface area contributed by atoms with Gasteiger partial charge in [-0.05, 0) is 6.07 Å². The standard InChI is InChI=1S/C9H7NS2/c11-9-6-10-5-7-3-1-2-4-8(7)12-9/h1-6,11H. The van der Waals surface area contributed by atoms with Gasteiger partial charge >= 0.3 is 0 Å². The van der Waals surface area contributed by atoms with Crippen molar-refractivity contribution in [2.45, 2.75) is 4.90 Å². The van der Waals surface area contributed by atoms with Crippen molar-refractivity contribution in [3.05, 3.63) is 40.3 Å². The predicted molar refractivity (Wildman–Crippen MR) is 57.0 cm³/mol. The largest absolute Gasteiger partial charge is 0.262 e. The Labute approximate surface area is 81.0 Å². The van der Waals surface area contributed by atoms with Crippen molar-refractivity contribution in [1.29, 1.82) is 0 Å². The summed E-state index contributed by atoms with van der Waals surface area (Å²) in [4.78, 5) is 5.32. The maximum atomic E-state index is 4.27. The fourth-order valence-corrected chi connectivity index (χ4v) is 2.09. The minimum absolute atomic E-state index is 0.927. The van der Waals surface area contributed by atoms with Crippen LogP contribution < -0.4 is 0 Å². The van der Waals surface area contributed by atoms with Crippen LogP contribution in [0.3, 0.4) is 0 Å². The second-order valence-electron chi connectivity index (χ2n) is 2.39. The zero-order valence-corrected chi connectivity index (χ0v) is 7.98. The highest BCUT2D eigenvalue weighted by atomic mass is 32.2. The van der Waals surface area contributed by atoms with E-state index >= 15 is 0 Å². The van der Waals surface area contributed by atoms with E-state index in [1.165, 1.54) is 4.90 Å². The van der Waals surface area contributed by atoms with Crippen LogP contribution in [0.4, 0.5) is 0 Å². The van der Waals surface area contributed by atoms with Crippen molar-refractivity contribution in [1.82, 2.24) is 0 Å². The van der Waals surface area contributed by atoms with Crippen LogP contribution in [-0.4, -0.2) is 6.21 Å². The second-order valence-corrected chi connectivity index (χ2v) is 4.25. The van der Waals surface area contributed by atoms with Crippen LogP contribution in [0.25, 0.3) is 0 Å². The lowest BCUT2D eigenvalue weighted by Crippen LogP contribution is -1.81. The number of aliphatic imine (C=N–C) groups is 1. The van der Waals surface area contributed by atoms with Gasteiger partial charge in [-0.2, -0.15) is 0 Å². The molecule has 1 aliphatic heterocycles. The van der Waals surface area contributed by atoms with Gasteiger partial charge in [-0.1, -0.05) is 30.0 Å². The Morgan fingerprint density at radius 1 is 1.25 bits per heavy atom. The maximum absolute atomic E-state index is 4.27. The van der Waals surface area contributed by atoms with E-state index in [9.17, 15) is 0 Å². The summed E-state index contributed by atoms with van der Waals surface area (Å²) in [5.74, 6) is 0. The average Bonchev–Trinajstić information content (AvgIpc) is 2.25. The molecule has 0 spiro atoms. The molecule has 0 unspecified atom stereocenters. The quantitative estimate of drug-likeness (QED) is 0.625. The van der Waals surface area contributed by atoms with Crippen molar-refractivity contribution >= 4 is 30.6 Å². The van der Waals surface area contributed by atoms with Gasteiger partial charge in [0.2, 0.25) is 0 Å². The zero-order chi connectivity index (χ0) is 8.39. The molecule has 2 rings (SSSR count). The predicted octanol–water partition coefficient (Wildman–Crippen LogP) is 2.94.